The molecule has 4 N–H and O–H groups in total. The maximum atomic E-state index is 5.58. The lowest BCUT2D eigenvalue weighted by Gasteiger charge is -2.05. The Morgan fingerprint density at radius 2 is 1.73 bits per heavy atom. The summed E-state index contributed by atoms with van der Waals surface area (Å²) in [5, 5.41) is 0. The zero-order chi connectivity index (χ0) is 10.8. The van der Waals surface area contributed by atoms with Crippen molar-refractivity contribution in [2.75, 3.05) is 11.5 Å². The minimum Gasteiger partial charge on any atom is -0.384 e. The van der Waals surface area contributed by atoms with Crippen molar-refractivity contribution in [1.29, 1.82) is 0 Å². The van der Waals surface area contributed by atoms with Crippen molar-refractivity contribution < 1.29 is 0 Å². The first-order valence-corrected chi connectivity index (χ1v) is 4.61. The molecular formula is C11H12N4. The van der Waals surface area contributed by atoms with E-state index in [1.54, 1.807) is 18.5 Å². The number of aromatic nitrogens is 2. The summed E-state index contributed by atoms with van der Waals surface area (Å²) in [5.74, 6) is 1.04. The van der Waals surface area contributed by atoms with Gasteiger partial charge < -0.3 is 11.5 Å². The molecule has 0 aromatic carbocycles. The van der Waals surface area contributed by atoms with E-state index in [9.17, 15) is 0 Å². The lowest BCUT2D eigenvalue weighted by Crippen LogP contribution is -1.94. The van der Waals surface area contributed by atoms with Gasteiger partial charge in [-0.05, 0) is 30.7 Å². The Bertz CT molecular complexity index is 476. The van der Waals surface area contributed by atoms with E-state index >= 15 is 0 Å². The van der Waals surface area contributed by atoms with Gasteiger partial charge in [0, 0.05) is 23.5 Å². The Morgan fingerprint density at radius 3 is 2.33 bits per heavy atom. The number of hydrogen-bond acceptors (Lipinski definition) is 4. The third-order valence-electron chi connectivity index (χ3n) is 2.23. The first-order chi connectivity index (χ1) is 7.16. The fourth-order valence-electron chi connectivity index (χ4n) is 1.44. The molecular weight excluding hydrogens is 188 g/mol. The van der Waals surface area contributed by atoms with Crippen molar-refractivity contribution in [3.05, 3.63) is 36.2 Å². The molecule has 0 aliphatic carbocycles. The zero-order valence-electron chi connectivity index (χ0n) is 8.44. The molecule has 0 radical (unpaired) electrons. The van der Waals surface area contributed by atoms with Crippen molar-refractivity contribution in [3.63, 3.8) is 0 Å². The van der Waals surface area contributed by atoms with Gasteiger partial charge in [-0.3, -0.25) is 0 Å². The van der Waals surface area contributed by atoms with E-state index in [0.717, 1.165) is 16.7 Å². The maximum absolute atomic E-state index is 5.58. The van der Waals surface area contributed by atoms with Crippen LogP contribution < -0.4 is 11.5 Å². The predicted octanol–water partition coefficient (Wildman–Crippen LogP) is 1.62. The first-order valence-electron chi connectivity index (χ1n) is 4.61. The van der Waals surface area contributed by atoms with E-state index in [2.05, 4.69) is 9.97 Å². The van der Waals surface area contributed by atoms with Gasteiger partial charge in [0.1, 0.15) is 11.6 Å². The number of nitrogen functional groups attached to an aromatic ring is 2. The second-order valence-corrected chi connectivity index (χ2v) is 3.40. The standard InChI is InChI=1S/C11H12N4/c1-7-4-11(13)15-6-9(7)8-2-3-10(12)14-5-8/h2-6H,1H3,(H2,12,14)(H2,13,15). The number of nitrogens with zero attached hydrogens (tertiary/aromatic N) is 2. The Morgan fingerprint density at radius 1 is 1.00 bits per heavy atom. The SMILES string of the molecule is Cc1cc(N)ncc1-c1ccc(N)nc1. The van der Waals surface area contributed by atoms with Gasteiger partial charge in [-0.15, -0.1) is 0 Å². The lowest BCUT2D eigenvalue weighted by atomic mass is 10.1. The highest BCUT2D eigenvalue weighted by Crippen LogP contribution is 2.23. The summed E-state index contributed by atoms with van der Waals surface area (Å²) < 4.78 is 0. The molecule has 4 heteroatoms. The molecule has 4 nitrogen and oxygen atoms in total. The summed E-state index contributed by atoms with van der Waals surface area (Å²) >= 11 is 0. The van der Waals surface area contributed by atoms with Crippen LogP contribution in [0.15, 0.2) is 30.6 Å². The molecule has 0 aliphatic heterocycles. The van der Waals surface area contributed by atoms with Crippen molar-refractivity contribution in [1.82, 2.24) is 9.97 Å². The molecule has 15 heavy (non-hydrogen) atoms. The quantitative estimate of drug-likeness (QED) is 0.733. The summed E-state index contributed by atoms with van der Waals surface area (Å²) in [7, 11) is 0. The van der Waals surface area contributed by atoms with Crippen molar-refractivity contribution >= 4 is 11.6 Å². The zero-order valence-corrected chi connectivity index (χ0v) is 8.44. The topological polar surface area (TPSA) is 77.8 Å². The fourth-order valence-corrected chi connectivity index (χ4v) is 1.44. The van der Waals surface area contributed by atoms with E-state index in [-0.39, 0.29) is 0 Å². The molecule has 0 saturated heterocycles. The lowest BCUT2D eigenvalue weighted by molar-refractivity contribution is 1.28. The fraction of sp³-hybridized carbons (Fsp3) is 0.0909. The van der Waals surface area contributed by atoms with E-state index < -0.39 is 0 Å². The van der Waals surface area contributed by atoms with Gasteiger partial charge in [-0.25, -0.2) is 9.97 Å². The van der Waals surface area contributed by atoms with Crippen LogP contribution in [-0.2, 0) is 0 Å². The van der Waals surface area contributed by atoms with Gasteiger partial charge in [0.05, 0.1) is 0 Å². The van der Waals surface area contributed by atoms with Crippen molar-refractivity contribution in [2.45, 2.75) is 6.92 Å². The van der Waals surface area contributed by atoms with Crippen LogP contribution in [0.1, 0.15) is 5.56 Å². The third-order valence-corrected chi connectivity index (χ3v) is 2.23. The van der Waals surface area contributed by atoms with Crippen molar-refractivity contribution in [2.24, 2.45) is 0 Å². The van der Waals surface area contributed by atoms with Crippen LogP contribution in [0.4, 0.5) is 11.6 Å². The van der Waals surface area contributed by atoms with Gasteiger partial charge in [0.25, 0.3) is 0 Å². The second-order valence-electron chi connectivity index (χ2n) is 3.40. The van der Waals surface area contributed by atoms with Crippen LogP contribution in [0, 0.1) is 6.92 Å². The Balaban J connectivity index is 2.49. The van der Waals surface area contributed by atoms with Crippen molar-refractivity contribution in [3.8, 4) is 11.1 Å². The first kappa shape index (κ1) is 9.45. The van der Waals surface area contributed by atoms with E-state index in [4.69, 9.17) is 11.5 Å². The molecule has 76 valence electrons. The minimum absolute atomic E-state index is 0.514. The second kappa shape index (κ2) is 3.57. The molecule has 2 aromatic heterocycles. The molecule has 0 bridgehead atoms. The molecule has 0 amide bonds. The van der Waals surface area contributed by atoms with E-state index in [1.165, 1.54) is 0 Å². The molecule has 0 saturated carbocycles. The molecule has 0 atom stereocenters. The van der Waals surface area contributed by atoms with Crippen LogP contribution in [0.2, 0.25) is 0 Å². The van der Waals surface area contributed by atoms with Crippen LogP contribution >= 0.6 is 0 Å². The van der Waals surface area contributed by atoms with E-state index in [0.29, 0.717) is 11.6 Å². The number of rotatable bonds is 1. The molecule has 2 rings (SSSR count). The third kappa shape index (κ3) is 1.88. The van der Waals surface area contributed by atoms with Gasteiger partial charge >= 0.3 is 0 Å². The highest BCUT2D eigenvalue weighted by molar-refractivity contribution is 5.67. The highest BCUT2D eigenvalue weighted by atomic mass is 14.8. The average Bonchev–Trinajstić information content (AvgIpc) is 2.20. The number of hydrogen-bond donors (Lipinski definition) is 2. The normalized spacial score (nSPS) is 10.2. The smallest absolute Gasteiger partial charge is 0.123 e. The molecule has 0 unspecified atom stereocenters. The number of pyridine rings is 2. The summed E-state index contributed by atoms with van der Waals surface area (Å²) in [6, 6.07) is 5.53. The molecule has 0 fully saturated rings. The molecule has 2 heterocycles. The van der Waals surface area contributed by atoms with Crippen LogP contribution in [-0.4, -0.2) is 9.97 Å². The summed E-state index contributed by atoms with van der Waals surface area (Å²) in [6.45, 7) is 1.99. The molecule has 0 spiro atoms. The van der Waals surface area contributed by atoms with Crippen LogP contribution in [0.25, 0.3) is 11.1 Å². The monoisotopic (exact) mass is 200 g/mol. The summed E-state index contributed by atoms with van der Waals surface area (Å²) in [5.41, 5.74) is 14.2. The summed E-state index contributed by atoms with van der Waals surface area (Å²) in [4.78, 5) is 8.10. The van der Waals surface area contributed by atoms with Gasteiger partial charge in [-0.1, -0.05) is 0 Å². The Kier molecular flexibility index (Phi) is 2.25. The maximum Gasteiger partial charge on any atom is 0.123 e. The number of nitrogens with two attached hydrogens (primary N) is 2. The molecule has 2 aromatic rings. The van der Waals surface area contributed by atoms with Crippen LogP contribution in [0.3, 0.4) is 0 Å². The van der Waals surface area contributed by atoms with E-state index in [1.807, 2.05) is 19.1 Å². The van der Waals surface area contributed by atoms with Crippen LogP contribution in [0.5, 0.6) is 0 Å². The Labute approximate surface area is 88.0 Å². The number of anilines is 2. The minimum atomic E-state index is 0.514. The predicted molar refractivity (Wildman–Crippen MR) is 61.0 cm³/mol. The molecule has 0 aliphatic rings. The average molecular weight is 200 g/mol. The largest absolute Gasteiger partial charge is 0.384 e. The van der Waals surface area contributed by atoms with Gasteiger partial charge in [0.15, 0.2) is 0 Å². The highest BCUT2D eigenvalue weighted by Gasteiger charge is 2.03. The van der Waals surface area contributed by atoms with Gasteiger partial charge in [0.2, 0.25) is 0 Å². The summed E-state index contributed by atoms with van der Waals surface area (Å²) in [6.07, 6.45) is 3.48. The Hall–Kier alpha value is -2.10. The van der Waals surface area contributed by atoms with Gasteiger partial charge in [-0.2, -0.15) is 0 Å². The number of aryl methyl sites for hydroxylation is 1.